The Bertz CT molecular complexity index is 647. The Kier molecular flexibility index (Phi) is 6.28. The molecule has 1 aliphatic heterocycles. The molecule has 0 spiro atoms. The Morgan fingerprint density at radius 2 is 1.69 bits per heavy atom. The summed E-state index contributed by atoms with van der Waals surface area (Å²) in [5.74, 6) is 0.418. The van der Waals surface area contributed by atoms with Gasteiger partial charge in [0, 0.05) is 38.2 Å². The molecule has 0 unspecified atom stereocenters. The molecular formula is C21H29FN2O2. The van der Waals surface area contributed by atoms with E-state index in [4.69, 9.17) is 0 Å². The highest BCUT2D eigenvalue weighted by Crippen LogP contribution is 2.27. The van der Waals surface area contributed by atoms with Gasteiger partial charge in [-0.3, -0.25) is 9.59 Å². The zero-order valence-corrected chi connectivity index (χ0v) is 15.7. The van der Waals surface area contributed by atoms with Crippen molar-refractivity contribution in [1.82, 2.24) is 9.80 Å². The van der Waals surface area contributed by atoms with Gasteiger partial charge in [0.05, 0.1) is 0 Å². The lowest BCUT2D eigenvalue weighted by molar-refractivity contribution is -0.133. The minimum Gasteiger partial charge on any atom is -0.339 e. The van der Waals surface area contributed by atoms with E-state index >= 15 is 0 Å². The van der Waals surface area contributed by atoms with E-state index in [2.05, 4.69) is 0 Å². The van der Waals surface area contributed by atoms with Crippen molar-refractivity contribution >= 4 is 11.8 Å². The minimum atomic E-state index is -0.354. The van der Waals surface area contributed by atoms with Crippen molar-refractivity contribution in [3.05, 3.63) is 35.1 Å². The molecule has 0 bridgehead atoms. The normalized spacial score (nSPS) is 18.8. The van der Waals surface area contributed by atoms with Crippen LogP contribution < -0.4 is 0 Å². The smallest absolute Gasteiger partial charge is 0.254 e. The van der Waals surface area contributed by atoms with Crippen LogP contribution in [0.15, 0.2) is 18.2 Å². The Labute approximate surface area is 155 Å². The maximum Gasteiger partial charge on any atom is 0.254 e. The van der Waals surface area contributed by atoms with E-state index in [1.807, 2.05) is 4.90 Å². The molecule has 2 fully saturated rings. The van der Waals surface area contributed by atoms with Crippen molar-refractivity contribution in [2.24, 2.45) is 5.92 Å². The van der Waals surface area contributed by atoms with Gasteiger partial charge >= 0.3 is 0 Å². The summed E-state index contributed by atoms with van der Waals surface area (Å²) in [6, 6.07) is 4.61. The third-order valence-electron chi connectivity index (χ3n) is 5.83. The van der Waals surface area contributed by atoms with Gasteiger partial charge in [-0.1, -0.05) is 38.2 Å². The van der Waals surface area contributed by atoms with Gasteiger partial charge < -0.3 is 9.80 Å². The number of amides is 2. The van der Waals surface area contributed by atoms with Crippen LogP contribution in [0.25, 0.3) is 0 Å². The lowest BCUT2D eigenvalue weighted by Crippen LogP contribution is -2.50. The average Bonchev–Trinajstić information content (AvgIpc) is 2.68. The van der Waals surface area contributed by atoms with E-state index < -0.39 is 0 Å². The molecule has 1 aromatic carbocycles. The predicted molar refractivity (Wildman–Crippen MR) is 99.4 cm³/mol. The molecule has 1 heterocycles. The topological polar surface area (TPSA) is 40.6 Å². The van der Waals surface area contributed by atoms with Gasteiger partial charge in [-0.2, -0.15) is 0 Å². The summed E-state index contributed by atoms with van der Waals surface area (Å²) in [6.45, 7) is 3.86. The Balaban J connectivity index is 1.46. The van der Waals surface area contributed by atoms with Gasteiger partial charge in [0.1, 0.15) is 5.82 Å². The molecular weight excluding hydrogens is 331 g/mol. The number of nitrogens with zero attached hydrogens (tertiary/aromatic N) is 2. The number of hydrogen-bond donors (Lipinski definition) is 0. The molecule has 2 amide bonds. The fourth-order valence-corrected chi connectivity index (χ4v) is 4.03. The Morgan fingerprint density at radius 1 is 1.04 bits per heavy atom. The van der Waals surface area contributed by atoms with Crippen LogP contribution in [0.4, 0.5) is 4.39 Å². The molecule has 26 heavy (non-hydrogen) atoms. The summed E-state index contributed by atoms with van der Waals surface area (Å²) in [7, 11) is 0. The van der Waals surface area contributed by atoms with Crippen LogP contribution in [0.1, 0.15) is 60.9 Å². The van der Waals surface area contributed by atoms with Crippen LogP contribution in [-0.4, -0.2) is 47.8 Å². The van der Waals surface area contributed by atoms with E-state index in [0.29, 0.717) is 49.6 Å². The first-order chi connectivity index (χ1) is 12.5. The molecule has 142 valence electrons. The predicted octanol–water partition coefficient (Wildman–Crippen LogP) is 3.78. The van der Waals surface area contributed by atoms with Crippen LogP contribution in [0.3, 0.4) is 0 Å². The Hall–Kier alpha value is -1.91. The van der Waals surface area contributed by atoms with Crippen LogP contribution >= 0.6 is 0 Å². The number of carbonyl (C=O) groups excluding carboxylic acids is 2. The number of halogens is 1. The molecule has 1 aromatic rings. The molecule has 5 heteroatoms. The molecule has 1 aliphatic carbocycles. The third kappa shape index (κ3) is 4.63. The number of hydrogen-bond acceptors (Lipinski definition) is 2. The summed E-state index contributed by atoms with van der Waals surface area (Å²) in [6.07, 6.45) is 8.11. The summed E-state index contributed by atoms with van der Waals surface area (Å²) in [4.78, 5) is 28.6. The molecule has 0 aromatic heterocycles. The van der Waals surface area contributed by atoms with E-state index in [9.17, 15) is 14.0 Å². The fourth-order valence-electron chi connectivity index (χ4n) is 4.03. The van der Waals surface area contributed by atoms with Gasteiger partial charge in [-0.25, -0.2) is 4.39 Å². The largest absolute Gasteiger partial charge is 0.339 e. The first kappa shape index (κ1) is 18.9. The highest BCUT2D eigenvalue weighted by molar-refractivity contribution is 5.94. The quantitative estimate of drug-likeness (QED) is 0.820. The third-order valence-corrected chi connectivity index (χ3v) is 5.83. The monoisotopic (exact) mass is 360 g/mol. The van der Waals surface area contributed by atoms with Crippen molar-refractivity contribution in [1.29, 1.82) is 0 Å². The van der Waals surface area contributed by atoms with Gasteiger partial charge in [0.25, 0.3) is 5.91 Å². The van der Waals surface area contributed by atoms with E-state index in [1.165, 1.54) is 38.2 Å². The molecule has 0 radical (unpaired) electrons. The first-order valence-electron chi connectivity index (χ1n) is 9.88. The van der Waals surface area contributed by atoms with Crippen molar-refractivity contribution in [2.75, 3.05) is 26.2 Å². The summed E-state index contributed by atoms with van der Waals surface area (Å²) in [5.41, 5.74) is 0.917. The van der Waals surface area contributed by atoms with Crippen molar-refractivity contribution in [3.63, 3.8) is 0 Å². The minimum absolute atomic E-state index is 0.154. The number of piperazine rings is 1. The Morgan fingerprint density at radius 3 is 2.35 bits per heavy atom. The SMILES string of the molecule is Cc1ccc(C(=O)N2CCN(C(=O)CCC3CCCCC3)CC2)cc1F. The van der Waals surface area contributed by atoms with Gasteiger partial charge in [0.2, 0.25) is 5.91 Å². The highest BCUT2D eigenvalue weighted by atomic mass is 19.1. The molecule has 2 aliphatic rings. The number of carbonyl (C=O) groups is 2. The zero-order chi connectivity index (χ0) is 18.5. The van der Waals surface area contributed by atoms with E-state index in [1.54, 1.807) is 24.0 Å². The van der Waals surface area contributed by atoms with E-state index in [0.717, 1.165) is 6.42 Å². The van der Waals surface area contributed by atoms with Crippen LogP contribution in [0.5, 0.6) is 0 Å². The zero-order valence-electron chi connectivity index (χ0n) is 15.7. The van der Waals surface area contributed by atoms with Crippen molar-refractivity contribution in [2.45, 2.75) is 51.9 Å². The molecule has 3 rings (SSSR count). The molecule has 0 atom stereocenters. The highest BCUT2D eigenvalue weighted by Gasteiger charge is 2.25. The van der Waals surface area contributed by atoms with Crippen LogP contribution in [0.2, 0.25) is 0 Å². The summed E-state index contributed by atoms with van der Waals surface area (Å²) >= 11 is 0. The number of aryl methyl sites for hydroxylation is 1. The maximum absolute atomic E-state index is 13.7. The lowest BCUT2D eigenvalue weighted by atomic mass is 9.86. The van der Waals surface area contributed by atoms with Gasteiger partial charge in [0.15, 0.2) is 0 Å². The molecule has 4 nitrogen and oxygen atoms in total. The molecule has 1 saturated carbocycles. The standard InChI is InChI=1S/C21H29FN2O2/c1-16-7-9-18(15-19(16)22)21(26)24-13-11-23(12-14-24)20(25)10-8-17-5-3-2-4-6-17/h7,9,15,17H,2-6,8,10-14H2,1H3. The number of rotatable bonds is 4. The van der Waals surface area contributed by atoms with Gasteiger partial charge in [-0.05, 0) is 37.0 Å². The average molecular weight is 360 g/mol. The molecule has 0 N–H and O–H groups in total. The maximum atomic E-state index is 13.7. The van der Waals surface area contributed by atoms with E-state index in [-0.39, 0.29) is 17.6 Å². The lowest BCUT2D eigenvalue weighted by Gasteiger charge is -2.35. The van der Waals surface area contributed by atoms with Crippen molar-refractivity contribution in [3.8, 4) is 0 Å². The second-order valence-electron chi connectivity index (χ2n) is 7.68. The molecule has 1 saturated heterocycles. The second kappa shape index (κ2) is 8.65. The fraction of sp³-hybridized carbons (Fsp3) is 0.619. The van der Waals surface area contributed by atoms with Crippen LogP contribution in [-0.2, 0) is 4.79 Å². The van der Waals surface area contributed by atoms with Crippen molar-refractivity contribution < 1.29 is 14.0 Å². The first-order valence-corrected chi connectivity index (χ1v) is 9.88. The summed E-state index contributed by atoms with van der Waals surface area (Å²) < 4.78 is 13.7. The van der Waals surface area contributed by atoms with Crippen LogP contribution in [0, 0.1) is 18.7 Å². The summed E-state index contributed by atoms with van der Waals surface area (Å²) in [5, 5.41) is 0. The second-order valence-corrected chi connectivity index (χ2v) is 7.68. The van der Waals surface area contributed by atoms with Gasteiger partial charge in [-0.15, -0.1) is 0 Å². The number of benzene rings is 1.